The van der Waals surface area contributed by atoms with Gasteiger partial charge in [-0.1, -0.05) is 20.3 Å². The summed E-state index contributed by atoms with van der Waals surface area (Å²) in [7, 11) is 0. The van der Waals surface area contributed by atoms with Crippen LogP contribution in [0, 0.1) is 11.8 Å². The fourth-order valence-corrected chi connectivity index (χ4v) is 3.15. The van der Waals surface area contributed by atoms with Crippen molar-refractivity contribution in [3.63, 3.8) is 0 Å². The molecule has 1 aliphatic rings. The van der Waals surface area contributed by atoms with E-state index >= 15 is 0 Å². The minimum Gasteiger partial charge on any atom is -0.367 e. The van der Waals surface area contributed by atoms with Gasteiger partial charge in [-0.15, -0.1) is 0 Å². The summed E-state index contributed by atoms with van der Waals surface area (Å²) in [6.07, 6.45) is 7.21. The van der Waals surface area contributed by atoms with Gasteiger partial charge in [-0.25, -0.2) is 9.97 Å². The van der Waals surface area contributed by atoms with Crippen molar-refractivity contribution >= 4 is 17.0 Å². The predicted octanol–water partition coefficient (Wildman–Crippen LogP) is 3.26. The molecule has 0 aromatic carbocycles. The van der Waals surface area contributed by atoms with E-state index in [9.17, 15) is 0 Å². The highest BCUT2D eigenvalue weighted by Crippen LogP contribution is 2.35. The number of hydrogen-bond acceptors (Lipinski definition) is 4. The molecule has 4 heteroatoms. The minimum absolute atomic E-state index is 0.534. The van der Waals surface area contributed by atoms with Gasteiger partial charge in [-0.3, -0.25) is 4.98 Å². The lowest BCUT2D eigenvalue weighted by atomic mass is 9.93. The third-order valence-corrected chi connectivity index (χ3v) is 4.42. The molecule has 0 amide bonds. The third kappa shape index (κ3) is 2.39. The first-order valence-electron chi connectivity index (χ1n) is 7.12. The SMILES string of the molecule is CCC1CCC(Nc2ccc3nccnc3n2)C1C. The predicted molar refractivity (Wildman–Crippen MR) is 76.9 cm³/mol. The molecule has 0 bridgehead atoms. The van der Waals surface area contributed by atoms with E-state index in [2.05, 4.69) is 34.1 Å². The fraction of sp³-hybridized carbons (Fsp3) is 0.533. The standard InChI is InChI=1S/C15H20N4/c1-3-11-4-5-12(10(11)2)18-14-7-6-13-15(19-14)17-9-8-16-13/h6-12H,3-5H2,1-2H3,(H,17,18,19). The highest BCUT2D eigenvalue weighted by atomic mass is 15.0. The Hall–Kier alpha value is -1.71. The Kier molecular flexibility index (Phi) is 3.32. The molecule has 100 valence electrons. The number of rotatable bonds is 3. The largest absolute Gasteiger partial charge is 0.367 e. The molecule has 3 rings (SSSR count). The van der Waals surface area contributed by atoms with Gasteiger partial charge in [0.2, 0.25) is 0 Å². The molecule has 3 atom stereocenters. The maximum atomic E-state index is 4.54. The molecule has 0 spiro atoms. The number of fused-ring (bicyclic) bond motifs is 1. The number of nitrogens with zero attached hydrogens (tertiary/aromatic N) is 3. The fourth-order valence-electron chi connectivity index (χ4n) is 3.15. The first kappa shape index (κ1) is 12.3. The normalized spacial score (nSPS) is 26.7. The summed E-state index contributed by atoms with van der Waals surface area (Å²) >= 11 is 0. The summed E-state index contributed by atoms with van der Waals surface area (Å²) < 4.78 is 0. The Morgan fingerprint density at radius 3 is 2.84 bits per heavy atom. The molecule has 1 fully saturated rings. The Morgan fingerprint density at radius 2 is 2.05 bits per heavy atom. The molecule has 2 aromatic heterocycles. The molecule has 0 radical (unpaired) electrons. The van der Waals surface area contributed by atoms with Gasteiger partial charge in [-0.05, 0) is 36.8 Å². The number of pyridine rings is 1. The lowest BCUT2D eigenvalue weighted by molar-refractivity contribution is 0.391. The second-order valence-electron chi connectivity index (χ2n) is 5.45. The highest BCUT2D eigenvalue weighted by molar-refractivity contribution is 5.71. The Balaban J connectivity index is 1.78. The van der Waals surface area contributed by atoms with Crippen LogP contribution in [-0.2, 0) is 0 Å². The number of hydrogen-bond donors (Lipinski definition) is 1. The molecule has 19 heavy (non-hydrogen) atoms. The van der Waals surface area contributed by atoms with Crippen molar-refractivity contribution < 1.29 is 0 Å². The number of nitrogens with one attached hydrogen (secondary N) is 1. The Morgan fingerprint density at radius 1 is 1.21 bits per heavy atom. The van der Waals surface area contributed by atoms with Gasteiger partial charge in [0.15, 0.2) is 5.65 Å². The van der Waals surface area contributed by atoms with Gasteiger partial charge in [-0.2, -0.15) is 0 Å². The van der Waals surface area contributed by atoms with Crippen LogP contribution >= 0.6 is 0 Å². The summed E-state index contributed by atoms with van der Waals surface area (Å²) in [5.74, 6) is 2.48. The molecule has 2 heterocycles. The highest BCUT2D eigenvalue weighted by Gasteiger charge is 2.31. The molecule has 4 nitrogen and oxygen atoms in total. The van der Waals surface area contributed by atoms with Gasteiger partial charge >= 0.3 is 0 Å². The molecular formula is C15H20N4. The van der Waals surface area contributed by atoms with Gasteiger partial charge < -0.3 is 5.32 Å². The van der Waals surface area contributed by atoms with E-state index in [0.717, 1.165) is 17.3 Å². The summed E-state index contributed by atoms with van der Waals surface area (Å²) in [4.78, 5) is 13.0. The van der Waals surface area contributed by atoms with Gasteiger partial charge in [0.1, 0.15) is 11.3 Å². The van der Waals surface area contributed by atoms with Crippen LogP contribution in [0.3, 0.4) is 0 Å². The van der Waals surface area contributed by atoms with Crippen molar-refractivity contribution in [2.75, 3.05) is 5.32 Å². The maximum Gasteiger partial charge on any atom is 0.180 e. The molecular weight excluding hydrogens is 236 g/mol. The van der Waals surface area contributed by atoms with Crippen LogP contribution in [0.4, 0.5) is 5.82 Å². The van der Waals surface area contributed by atoms with E-state index in [1.807, 2.05) is 12.1 Å². The van der Waals surface area contributed by atoms with Crippen LogP contribution in [0.15, 0.2) is 24.5 Å². The summed E-state index contributed by atoms with van der Waals surface area (Å²) in [6, 6.07) is 4.52. The lowest BCUT2D eigenvalue weighted by Crippen LogP contribution is -2.25. The van der Waals surface area contributed by atoms with E-state index < -0.39 is 0 Å². The molecule has 1 N–H and O–H groups in total. The van der Waals surface area contributed by atoms with Crippen LogP contribution in [0.2, 0.25) is 0 Å². The second kappa shape index (κ2) is 5.11. The quantitative estimate of drug-likeness (QED) is 0.915. The average Bonchev–Trinajstić information content (AvgIpc) is 2.79. The monoisotopic (exact) mass is 256 g/mol. The average molecular weight is 256 g/mol. The van der Waals surface area contributed by atoms with E-state index in [0.29, 0.717) is 17.6 Å². The Labute approximate surface area is 113 Å². The zero-order valence-electron chi connectivity index (χ0n) is 11.5. The smallest absolute Gasteiger partial charge is 0.180 e. The maximum absolute atomic E-state index is 4.54. The van der Waals surface area contributed by atoms with Gasteiger partial charge in [0.05, 0.1) is 0 Å². The van der Waals surface area contributed by atoms with Gasteiger partial charge in [0, 0.05) is 18.4 Å². The zero-order chi connectivity index (χ0) is 13.2. The van der Waals surface area contributed by atoms with E-state index in [4.69, 9.17) is 0 Å². The van der Waals surface area contributed by atoms with E-state index in [1.54, 1.807) is 12.4 Å². The minimum atomic E-state index is 0.534. The molecule has 0 aliphatic heterocycles. The van der Waals surface area contributed by atoms with Crippen LogP contribution in [0.1, 0.15) is 33.1 Å². The van der Waals surface area contributed by atoms with Crippen LogP contribution in [0.25, 0.3) is 11.2 Å². The topological polar surface area (TPSA) is 50.7 Å². The van der Waals surface area contributed by atoms with Crippen LogP contribution < -0.4 is 5.32 Å². The van der Waals surface area contributed by atoms with Crippen molar-refractivity contribution in [1.82, 2.24) is 15.0 Å². The zero-order valence-corrected chi connectivity index (χ0v) is 11.5. The van der Waals surface area contributed by atoms with E-state index in [1.165, 1.54) is 19.3 Å². The van der Waals surface area contributed by atoms with Crippen LogP contribution in [-0.4, -0.2) is 21.0 Å². The molecule has 1 aliphatic carbocycles. The van der Waals surface area contributed by atoms with Crippen molar-refractivity contribution in [3.8, 4) is 0 Å². The molecule has 2 aromatic rings. The third-order valence-electron chi connectivity index (χ3n) is 4.42. The van der Waals surface area contributed by atoms with Crippen molar-refractivity contribution in [2.24, 2.45) is 11.8 Å². The number of aromatic nitrogens is 3. The summed E-state index contributed by atoms with van der Waals surface area (Å²) in [5, 5.41) is 3.57. The van der Waals surface area contributed by atoms with E-state index in [-0.39, 0.29) is 0 Å². The Bertz CT molecular complexity index is 569. The van der Waals surface area contributed by atoms with Crippen molar-refractivity contribution in [1.29, 1.82) is 0 Å². The van der Waals surface area contributed by atoms with Crippen LogP contribution in [0.5, 0.6) is 0 Å². The lowest BCUT2D eigenvalue weighted by Gasteiger charge is -2.21. The van der Waals surface area contributed by atoms with Gasteiger partial charge in [0.25, 0.3) is 0 Å². The first-order valence-corrected chi connectivity index (χ1v) is 7.12. The first-order chi connectivity index (χ1) is 9.28. The molecule has 0 saturated heterocycles. The molecule has 3 unspecified atom stereocenters. The number of anilines is 1. The van der Waals surface area contributed by atoms with Crippen molar-refractivity contribution in [3.05, 3.63) is 24.5 Å². The van der Waals surface area contributed by atoms with Crippen molar-refractivity contribution in [2.45, 2.75) is 39.2 Å². The summed E-state index contributed by atoms with van der Waals surface area (Å²) in [5.41, 5.74) is 1.56. The molecule has 1 saturated carbocycles. The second-order valence-corrected chi connectivity index (χ2v) is 5.45. The summed E-state index contributed by atoms with van der Waals surface area (Å²) in [6.45, 7) is 4.63.